The topological polar surface area (TPSA) is 93.1 Å². The van der Waals surface area contributed by atoms with Gasteiger partial charge in [0, 0.05) is 56.0 Å². The van der Waals surface area contributed by atoms with E-state index < -0.39 is 12.2 Å². The molecule has 0 saturated carbocycles. The number of aliphatic hydroxyl groups is 2. The average Bonchev–Trinajstić information content (AvgIpc) is 2.73. The van der Waals surface area contributed by atoms with Crippen molar-refractivity contribution in [3.05, 3.63) is 23.8 Å². The number of hydrogen-bond donors (Lipinski definition) is 2. The van der Waals surface area contributed by atoms with Crippen molar-refractivity contribution in [2.45, 2.75) is 83.7 Å². The summed E-state index contributed by atoms with van der Waals surface area (Å²) in [6.45, 7) is 5.97. The number of halogens is 2. The first-order valence-corrected chi connectivity index (χ1v) is 17.4. The second-order valence-electron chi connectivity index (χ2n) is 8.95. The number of allylic oxidation sites excluding steroid dienone is 2. The van der Waals surface area contributed by atoms with Crippen LogP contribution in [0.3, 0.4) is 0 Å². The van der Waals surface area contributed by atoms with Gasteiger partial charge in [0.1, 0.15) is 12.2 Å². The molecule has 3 unspecified atom stereocenters. The zero-order valence-corrected chi connectivity index (χ0v) is 22.7. The molecule has 8 atom stereocenters. The lowest BCUT2D eigenvalue weighted by Gasteiger charge is -2.43. The highest BCUT2D eigenvalue weighted by atomic mass is 128. The van der Waals surface area contributed by atoms with E-state index in [1.54, 1.807) is 0 Å². The van der Waals surface area contributed by atoms with Gasteiger partial charge in [-0.25, -0.2) is 0 Å². The van der Waals surface area contributed by atoms with Crippen LogP contribution in [0.5, 0.6) is 0 Å². The predicted molar refractivity (Wildman–Crippen MR) is 136 cm³/mol. The molecule has 3 aliphatic rings. The fraction of sp³-hybridized carbons (Fsp3) is 0.739. The van der Waals surface area contributed by atoms with Gasteiger partial charge in [-0.15, -0.1) is 0 Å². The molecule has 0 aromatic heterocycles. The molecule has 0 aromatic carbocycles. The van der Waals surface area contributed by atoms with Crippen molar-refractivity contribution >= 4 is 49.2 Å². The molecule has 6 nitrogen and oxygen atoms in total. The van der Waals surface area contributed by atoms with Gasteiger partial charge in [-0.3, -0.25) is 9.59 Å². The number of hydrogen-bond acceptors (Lipinski definition) is 6. The van der Waals surface area contributed by atoms with Gasteiger partial charge < -0.3 is 19.7 Å². The van der Waals surface area contributed by atoms with E-state index in [4.69, 9.17) is 9.47 Å². The smallest absolute Gasteiger partial charge is 0.308 e. The van der Waals surface area contributed by atoms with Gasteiger partial charge >= 0.3 is 11.9 Å². The summed E-state index contributed by atoms with van der Waals surface area (Å²) in [5, 5.41) is 20.2. The summed E-state index contributed by atoms with van der Waals surface area (Å²) in [6, 6.07) is 0. The molecule has 0 radical (unpaired) electrons. The summed E-state index contributed by atoms with van der Waals surface area (Å²) in [6.07, 6.45) is 7.31. The van der Waals surface area contributed by atoms with Gasteiger partial charge in [0.15, 0.2) is 0 Å². The van der Waals surface area contributed by atoms with Gasteiger partial charge in [0.05, 0.1) is 24.5 Å². The Morgan fingerprint density at radius 2 is 2.00 bits per heavy atom. The molecule has 1 saturated heterocycles. The van der Waals surface area contributed by atoms with Crippen molar-refractivity contribution < 1.29 is 29.3 Å². The highest BCUT2D eigenvalue weighted by Crippen LogP contribution is 2.44. The quantitative estimate of drug-likeness (QED) is 0.318. The largest absolute Gasteiger partial charge is 0.462 e. The molecule has 1 aliphatic heterocycles. The molecule has 8 heteroatoms. The Labute approximate surface area is 208 Å². The second-order valence-corrected chi connectivity index (χ2v) is 8.95. The number of aliphatic hydroxyl groups excluding tert-OH is 2. The minimum absolute atomic E-state index is 0.0237. The highest BCUT2D eigenvalue weighted by Gasteiger charge is 2.42. The van der Waals surface area contributed by atoms with Crippen molar-refractivity contribution in [1.82, 2.24) is 0 Å². The normalized spacial score (nSPS) is 35.6. The van der Waals surface area contributed by atoms with E-state index in [0.29, 0.717) is 19.3 Å². The molecule has 0 amide bonds. The summed E-state index contributed by atoms with van der Waals surface area (Å²) < 4.78 is 11.3. The van der Waals surface area contributed by atoms with E-state index in [1.165, 1.54) is 0 Å². The van der Waals surface area contributed by atoms with Crippen molar-refractivity contribution in [1.29, 1.82) is 0 Å². The van der Waals surface area contributed by atoms with Crippen LogP contribution in [-0.2, 0) is 19.1 Å². The van der Waals surface area contributed by atoms with Crippen molar-refractivity contribution in [3.63, 3.8) is 0 Å². The number of ether oxygens (including phenoxy) is 2. The first-order chi connectivity index (χ1) is 14.8. The molecule has 176 valence electrons. The van der Waals surface area contributed by atoms with Crippen LogP contribution in [0.2, 0.25) is 0 Å². The second kappa shape index (κ2) is 12.9. The fourth-order valence-electron chi connectivity index (χ4n) is 4.84. The van der Waals surface area contributed by atoms with E-state index in [9.17, 15) is 19.8 Å². The Morgan fingerprint density at radius 1 is 1.29 bits per heavy atom. The Morgan fingerprint density at radius 3 is 2.65 bits per heavy atom. The molecule has 1 fully saturated rings. The van der Waals surface area contributed by atoms with E-state index in [2.05, 4.69) is 50.2 Å². The number of rotatable bonds is 6. The third-order valence-corrected chi connectivity index (χ3v) is 6.71. The van der Waals surface area contributed by atoms with Crippen LogP contribution in [0.25, 0.3) is 0 Å². The van der Waals surface area contributed by atoms with Crippen LogP contribution in [-0.4, -0.2) is 46.6 Å². The lowest BCUT2D eigenvalue weighted by Crippen LogP contribution is -2.43. The Kier molecular flexibility index (Phi) is 11.2. The first-order valence-electron chi connectivity index (χ1n) is 11.1. The van der Waals surface area contributed by atoms with Crippen molar-refractivity contribution in [3.8, 4) is 0 Å². The summed E-state index contributed by atoms with van der Waals surface area (Å²) >= 11 is 4.24. The summed E-state index contributed by atoms with van der Waals surface area (Å²) in [4.78, 5) is 24.1. The van der Waals surface area contributed by atoms with Crippen LogP contribution < -0.4 is 0 Å². The van der Waals surface area contributed by atoms with Crippen LogP contribution >= 0.6 is 37.2 Å². The fourth-order valence-corrected chi connectivity index (χ4v) is 4.84. The third kappa shape index (κ3) is 7.40. The van der Waals surface area contributed by atoms with Gasteiger partial charge in [-0.05, 0) is 36.7 Å². The molecule has 0 spiro atoms. The molecule has 2 aliphatic carbocycles. The van der Waals surface area contributed by atoms with Crippen molar-refractivity contribution in [2.24, 2.45) is 23.7 Å². The lowest BCUT2D eigenvalue weighted by atomic mass is 9.66. The zero-order valence-electron chi connectivity index (χ0n) is 18.4. The molecular formula is C23H34I2O6. The van der Waals surface area contributed by atoms with E-state index >= 15 is 0 Å². The van der Waals surface area contributed by atoms with Crippen molar-refractivity contribution in [2.75, 3.05) is 0 Å². The molecule has 2 N–H and O–H groups in total. The Bertz CT molecular complexity index is 679. The number of carbonyl (C=O) groups excluding carboxylic acids is 2. The summed E-state index contributed by atoms with van der Waals surface area (Å²) in [7, 11) is 0. The average molecular weight is 660 g/mol. The number of fused-ring (bicyclic) bond motifs is 1. The van der Waals surface area contributed by atoms with Crippen LogP contribution in [0.4, 0.5) is 0 Å². The Hall–Kier alpha value is -0.200. The molecule has 31 heavy (non-hydrogen) atoms. The standard InChI is InChI=1S/C23H34O6.I2/c1-4-13(2)23(27)29-20-11-16(24)9-15-6-5-14(3)19(22(15)20)8-7-18-10-17(25)12-21(26)28-18;1-2/h5-6,9,13-14,16-20,22,24-25H,4,7-8,10-12H2,1-3H3;/t13-,14-,16+,17+,18?,19?,20?,22-;/m0./s1. The number of cyclic esters (lactones) is 1. The van der Waals surface area contributed by atoms with Crippen LogP contribution in [0, 0.1) is 23.7 Å². The molecule has 0 bridgehead atoms. The molecular weight excluding hydrogens is 626 g/mol. The van der Waals surface area contributed by atoms with E-state index in [0.717, 1.165) is 18.4 Å². The SMILES string of the molecule is CC[C@H](C)C(=O)OC1C[C@H](O)C=C2C=C[C@H](C)C(CCC3C[C@@H](O)CC(=O)O3)[C@H]21.II. The number of carbonyl (C=O) groups is 2. The maximum atomic E-state index is 12.5. The minimum atomic E-state index is -0.630. The van der Waals surface area contributed by atoms with Gasteiger partial charge in [0.2, 0.25) is 0 Å². The Balaban J connectivity index is 0.00000166. The molecule has 1 heterocycles. The zero-order chi connectivity index (χ0) is 23.1. The maximum Gasteiger partial charge on any atom is 0.308 e. The third-order valence-electron chi connectivity index (χ3n) is 6.71. The van der Waals surface area contributed by atoms with E-state index in [1.807, 2.05) is 26.0 Å². The number of esters is 2. The molecule has 0 aromatic rings. The lowest BCUT2D eigenvalue weighted by molar-refractivity contribution is -0.162. The minimum Gasteiger partial charge on any atom is -0.462 e. The monoisotopic (exact) mass is 660 g/mol. The molecule has 3 rings (SSSR count). The summed E-state index contributed by atoms with van der Waals surface area (Å²) in [5.74, 6) is -0.203. The predicted octanol–water partition coefficient (Wildman–Crippen LogP) is 4.69. The van der Waals surface area contributed by atoms with Gasteiger partial charge in [-0.2, -0.15) is 0 Å². The van der Waals surface area contributed by atoms with Gasteiger partial charge in [0.25, 0.3) is 0 Å². The first kappa shape index (κ1) is 27.0. The van der Waals surface area contributed by atoms with E-state index in [-0.39, 0.29) is 54.2 Å². The van der Waals surface area contributed by atoms with Crippen LogP contribution in [0.15, 0.2) is 23.8 Å². The van der Waals surface area contributed by atoms with Gasteiger partial charge in [-0.1, -0.05) is 39.0 Å². The highest BCUT2D eigenvalue weighted by molar-refractivity contribution is 15.0. The van der Waals surface area contributed by atoms with Crippen LogP contribution in [0.1, 0.15) is 59.3 Å². The maximum absolute atomic E-state index is 12.5. The summed E-state index contributed by atoms with van der Waals surface area (Å²) in [5.41, 5.74) is 1.02.